The lowest BCUT2D eigenvalue weighted by molar-refractivity contribution is -0.119. The number of carbonyl (C=O) groups is 1. The Morgan fingerprint density at radius 3 is 2.10 bits per heavy atom. The Kier molecular flexibility index (Phi) is 9.78. The molecule has 0 unspecified atom stereocenters. The van der Waals surface area contributed by atoms with E-state index in [2.05, 4.69) is 10.5 Å². The molecule has 39 heavy (non-hydrogen) atoms. The zero-order chi connectivity index (χ0) is 28.6. The van der Waals surface area contributed by atoms with Crippen LogP contribution in [0.25, 0.3) is 0 Å². The topological polar surface area (TPSA) is 116 Å². The molecule has 0 saturated carbocycles. The van der Waals surface area contributed by atoms with E-state index in [1.807, 2.05) is 13.8 Å². The number of nitrogens with one attached hydrogen (secondary N) is 1. The number of nitrogens with zero attached hydrogens (tertiary/aromatic N) is 2. The van der Waals surface area contributed by atoms with Crippen molar-refractivity contribution in [1.29, 1.82) is 0 Å². The van der Waals surface area contributed by atoms with Crippen LogP contribution in [0, 0.1) is 6.92 Å². The number of sulfonamides is 1. The first-order valence-electron chi connectivity index (χ1n) is 12.1. The number of hydrazone groups is 1. The number of hydrogen-bond donors (Lipinski definition) is 1. The van der Waals surface area contributed by atoms with Gasteiger partial charge in [-0.2, -0.15) is 5.10 Å². The first-order chi connectivity index (χ1) is 18.7. The maximum atomic E-state index is 13.7. The number of rotatable bonds is 12. The van der Waals surface area contributed by atoms with Crippen LogP contribution in [-0.4, -0.2) is 55.0 Å². The average Bonchev–Trinajstić information content (AvgIpc) is 2.95. The summed E-state index contributed by atoms with van der Waals surface area (Å²) in [6, 6.07) is 16.3. The van der Waals surface area contributed by atoms with Crippen LogP contribution in [0.2, 0.25) is 0 Å². The van der Waals surface area contributed by atoms with Crippen LogP contribution in [0.1, 0.15) is 24.5 Å². The molecule has 0 fully saturated rings. The first-order valence-corrected chi connectivity index (χ1v) is 13.5. The summed E-state index contributed by atoms with van der Waals surface area (Å²) in [5, 5.41) is 4.27. The highest BCUT2D eigenvalue weighted by Crippen LogP contribution is 2.35. The molecule has 0 saturated heterocycles. The number of hydrogen-bond acceptors (Lipinski definition) is 8. The number of benzene rings is 3. The van der Waals surface area contributed by atoms with Crippen LogP contribution >= 0.6 is 0 Å². The van der Waals surface area contributed by atoms with Crippen molar-refractivity contribution in [3.8, 4) is 23.0 Å². The highest BCUT2D eigenvalue weighted by atomic mass is 32.2. The Labute approximate surface area is 229 Å². The summed E-state index contributed by atoms with van der Waals surface area (Å²) in [5.41, 5.74) is 4.86. The van der Waals surface area contributed by atoms with Crippen molar-refractivity contribution in [2.45, 2.75) is 25.2 Å². The van der Waals surface area contributed by atoms with Gasteiger partial charge in [0, 0.05) is 11.6 Å². The van der Waals surface area contributed by atoms with Crippen molar-refractivity contribution in [3.05, 3.63) is 71.8 Å². The average molecular weight is 556 g/mol. The van der Waals surface area contributed by atoms with E-state index in [1.54, 1.807) is 49.6 Å². The number of amides is 1. The van der Waals surface area contributed by atoms with Gasteiger partial charge in [0.25, 0.3) is 15.9 Å². The van der Waals surface area contributed by atoms with Gasteiger partial charge in [0.05, 0.1) is 44.7 Å². The summed E-state index contributed by atoms with van der Waals surface area (Å²) in [6.07, 6.45) is 0.493. The van der Waals surface area contributed by atoms with Gasteiger partial charge >= 0.3 is 0 Å². The Morgan fingerprint density at radius 1 is 0.846 bits per heavy atom. The minimum absolute atomic E-state index is 0.0295. The van der Waals surface area contributed by atoms with Crippen LogP contribution in [0.3, 0.4) is 0 Å². The minimum Gasteiger partial charge on any atom is -0.497 e. The van der Waals surface area contributed by atoms with Crippen LogP contribution in [0.5, 0.6) is 23.0 Å². The molecule has 0 aliphatic carbocycles. The Hall–Kier alpha value is -4.25. The van der Waals surface area contributed by atoms with Gasteiger partial charge in [-0.15, -0.1) is 0 Å². The smallest absolute Gasteiger partial charge is 0.264 e. The highest BCUT2D eigenvalue weighted by Gasteiger charge is 2.30. The number of ether oxygens (including phenoxy) is 4. The lowest BCUT2D eigenvalue weighted by Crippen LogP contribution is -2.40. The van der Waals surface area contributed by atoms with Crippen molar-refractivity contribution >= 4 is 27.3 Å². The summed E-state index contributed by atoms with van der Waals surface area (Å²) >= 11 is 0. The van der Waals surface area contributed by atoms with E-state index in [4.69, 9.17) is 18.9 Å². The Morgan fingerprint density at radius 2 is 1.51 bits per heavy atom. The monoisotopic (exact) mass is 555 g/mol. The molecular weight excluding hydrogens is 522 g/mol. The fraction of sp³-hybridized carbons (Fsp3) is 0.286. The molecule has 10 nitrogen and oxygen atoms in total. The van der Waals surface area contributed by atoms with E-state index in [9.17, 15) is 13.2 Å². The maximum Gasteiger partial charge on any atom is 0.264 e. The predicted molar refractivity (Wildman–Crippen MR) is 150 cm³/mol. The molecule has 0 heterocycles. The zero-order valence-corrected chi connectivity index (χ0v) is 23.7. The molecule has 0 aliphatic heterocycles. The van der Waals surface area contributed by atoms with E-state index in [-0.39, 0.29) is 16.3 Å². The summed E-state index contributed by atoms with van der Waals surface area (Å²) in [4.78, 5) is 13.2. The van der Waals surface area contributed by atoms with Crippen molar-refractivity contribution in [1.82, 2.24) is 5.43 Å². The third-order valence-electron chi connectivity index (χ3n) is 5.92. The van der Waals surface area contributed by atoms with Crippen LogP contribution in [0.15, 0.2) is 70.7 Å². The maximum absolute atomic E-state index is 13.7. The van der Waals surface area contributed by atoms with Gasteiger partial charge in [-0.05, 0) is 55.8 Å². The molecule has 0 aromatic heterocycles. The van der Waals surface area contributed by atoms with Gasteiger partial charge in [0.15, 0.2) is 11.5 Å². The molecule has 11 heteroatoms. The SMILES string of the molecule is CCC(=NNC(=O)CN(c1ccc(OC)cc1OC)S(=O)(=O)c1ccc(C)cc1)c1ccc(OC)c(OC)c1. The second kappa shape index (κ2) is 13.0. The van der Waals surface area contributed by atoms with Gasteiger partial charge < -0.3 is 18.9 Å². The largest absolute Gasteiger partial charge is 0.497 e. The second-order valence-corrected chi connectivity index (χ2v) is 10.2. The molecule has 3 aromatic carbocycles. The van der Waals surface area contributed by atoms with Crippen LogP contribution in [-0.2, 0) is 14.8 Å². The zero-order valence-electron chi connectivity index (χ0n) is 22.8. The van der Waals surface area contributed by atoms with Crippen molar-refractivity contribution < 1.29 is 32.2 Å². The molecule has 0 spiro atoms. The predicted octanol–water partition coefficient (Wildman–Crippen LogP) is 4.16. The van der Waals surface area contributed by atoms with Crippen LogP contribution < -0.4 is 28.7 Å². The molecule has 3 rings (SSSR count). The van der Waals surface area contributed by atoms with Gasteiger partial charge in [0.2, 0.25) is 0 Å². The summed E-state index contributed by atoms with van der Waals surface area (Å²) < 4.78 is 49.8. The van der Waals surface area contributed by atoms with E-state index in [1.165, 1.54) is 39.5 Å². The van der Waals surface area contributed by atoms with Crippen molar-refractivity contribution in [3.63, 3.8) is 0 Å². The third kappa shape index (κ3) is 6.80. The normalized spacial score (nSPS) is 11.5. The standard InChI is InChI=1S/C28H33N3O7S/c1-7-23(20-10-15-25(36-4)27(16-20)38-6)29-30-28(32)18-31(24-14-11-21(35-3)17-26(24)37-5)39(33,34)22-12-8-19(2)9-13-22/h8-17H,7,18H2,1-6H3,(H,30,32). The molecule has 0 aliphatic rings. The van der Waals surface area contributed by atoms with Crippen molar-refractivity contribution in [2.75, 3.05) is 39.3 Å². The van der Waals surface area contributed by atoms with E-state index in [0.717, 1.165) is 15.4 Å². The van der Waals surface area contributed by atoms with Gasteiger partial charge in [-0.25, -0.2) is 13.8 Å². The number of aryl methyl sites for hydroxylation is 1. The lowest BCUT2D eigenvalue weighted by Gasteiger charge is -2.25. The van der Waals surface area contributed by atoms with Gasteiger partial charge in [-0.3, -0.25) is 9.10 Å². The quantitative estimate of drug-likeness (QED) is 0.264. The molecule has 208 valence electrons. The molecule has 0 atom stereocenters. The Bertz CT molecular complexity index is 1440. The molecule has 0 radical (unpaired) electrons. The number of anilines is 1. The molecule has 0 bridgehead atoms. The number of methoxy groups -OCH3 is 4. The third-order valence-corrected chi connectivity index (χ3v) is 7.69. The van der Waals surface area contributed by atoms with E-state index in [0.29, 0.717) is 29.4 Å². The summed E-state index contributed by atoms with van der Waals surface area (Å²) in [5.74, 6) is 1.13. The summed E-state index contributed by atoms with van der Waals surface area (Å²) in [7, 11) is 1.82. The lowest BCUT2D eigenvalue weighted by atomic mass is 10.1. The van der Waals surface area contributed by atoms with E-state index >= 15 is 0 Å². The molecule has 1 N–H and O–H groups in total. The first kappa shape index (κ1) is 29.3. The molecule has 1 amide bonds. The van der Waals surface area contributed by atoms with E-state index < -0.39 is 22.5 Å². The second-order valence-electron chi connectivity index (χ2n) is 8.38. The fourth-order valence-corrected chi connectivity index (χ4v) is 5.22. The number of carbonyl (C=O) groups excluding carboxylic acids is 1. The summed E-state index contributed by atoms with van der Waals surface area (Å²) in [6.45, 7) is 3.19. The van der Waals surface area contributed by atoms with Gasteiger partial charge in [0.1, 0.15) is 18.0 Å². The fourth-order valence-electron chi connectivity index (χ4n) is 3.79. The molecular formula is C28H33N3O7S. The van der Waals surface area contributed by atoms with Crippen molar-refractivity contribution in [2.24, 2.45) is 5.10 Å². The minimum atomic E-state index is -4.16. The highest BCUT2D eigenvalue weighted by molar-refractivity contribution is 7.92. The van der Waals surface area contributed by atoms with Crippen LogP contribution in [0.4, 0.5) is 5.69 Å². The molecule has 3 aromatic rings. The Balaban J connectivity index is 1.97. The van der Waals surface area contributed by atoms with Gasteiger partial charge in [-0.1, -0.05) is 24.6 Å².